The Kier molecular flexibility index (Phi) is 4.65. The van der Waals surface area contributed by atoms with Gasteiger partial charge < -0.3 is 9.47 Å². The lowest BCUT2D eigenvalue weighted by atomic mass is 9.89. The molecule has 0 aliphatic rings. The third kappa shape index (κ3) is 3.49. The molecule has 0 saturated heterocycles. The van der Waals surface area contributed by atoms with Gasteiger partial charge in [-0.3, -0.25) is 0 Å². The first-order valence-electron chi connectivity index (χ1n) is 4.76. The SMILES string of the molecule is C=CCOC(C)(C)C(C)(C)OCC. The fourth-order valence-corrected chi connectivity index (χ4v) is 0.976. The van der Waals surface area contributed by atoms with E-state index in [0.717, 1.165) is 0 Å². The number of hydrogen-bond acceptors (Lipinski definition) is 2. The van der Waals surface area contributed by atoms with Crippen LogP contribution in [0.15, 0.2) is 12.7 Å². The lowest BCUT2D eigenvalue weighted by molar-refractivity contribution is -0.168. The second-order valence-corrected chi connectivity index (χ2v) is 4.05. The van der Waals surface area contributed by atoms with Gasteiger partial charge in [0.2, 0.25) is 0 Å². The van der Waals surface area contributed by atoms with Crippen LogP contribution in [-0.4, -0.2) is 24.4 Å². The fraction of sp³-hybridized carbons (Fsp3) is 0.818. The van der Waals surface area contributed by atoms with Crippen molar-refractivity contribution in [2.24, 2.45) is 0 Å². The Labute approximate surface area is 81.9 Å². The van der Waals surface area contributed by atoms with Crippen molar-refractivity contribution in [3.63, 3.8) is 0 Å². The Morgan fingerprint density at radius 3 is 1.92 bits per heavy atom. The van der Waals surface area contributed by atoms with Crippen molar-refractivity contribution in [2.75, 3.05) is 13.2 Å². The maximum Gasteiger partial charge on any atom is 0.0913 e. The van der Waals surface area contributed by atoms with E-state index in [1.165, 1.54) is 0 Å². The molecule has 0 unspecified atom stereocenters. The summed E-state index contributed by atoms with van der Waals surface area (Å²) >= 11 is 0. The highest BCUT2D eigenvalue weighted by Gasteiger charge is 2.38. The first-order chi connectivity index (χ1) is 5.87. The number of hydrogen-bond donors (Lipinski definition) is 0. The normalized spacial score (nSPS) is 13.0. The van der Waals surface area contributed by atoms with Crippen LogP contribution in [0.3, 0.4) is 0 Å². The van der Waals surface area contributed by atoms with E-state index in [9.17, 15) is 0 Å². The molecule has 0 heterocycles. The minimum atomic E-state index is -0.294. The number of ether oxygens (including phenoxy) is 2. The zero-order valence-electron chi connectivity index (χ0n) is 9.52. The van der Waals surface area contributed by atoms with Crippen LogP contribution in [-0.2, 0) is 9.47 Å². The van der Waals surface area contributed by atoms with Crippen molar-refractivity contribution in [2.45, 2.75) is 45.8 Å². The van der Waals surface area contributed by atoms with Crippen LogP contribution in [0.2, 0.25) is 0 Å². The smallest absolute Gasteiger partial charge is 0.0913 e. The van der Waals surface area contributed by atoms with Crippen LogP contribution in [0.25, 0.3) is 0 Å². The predicted octanol–water partition coefficient (Wildman–Crippen LogP) is 2.78. The average Bonchev–Trinajstić information content (AvgIpc) is 2.00. The highest BCUT2D eigenvalue weighted by atomic mass is 16.6. The van der Waals surface area contributed by atoms with E-state index in [4.69, 9.17) is 9.47 Å². The highest BCUT2D eigenvalue weighted by molar-refractivity contribution is 4.90. The summed E-state index contributed by atoms with van der Waals surface area (Å²) in [5, 5.41) is 0. The summed E-state index contributed by atoms with van der Waals surface area (Å²) in [5.74, 6) is 0. The summed E-state index contributed by atoms with van der Waals surface area (Å²) < 4.78 is 11.3. The van der Waals surface area contributed by atoms with Crippen molar-refractivity contribution in [3.8, 4) is 0 Å². The molecule has 0 aliphatic carbocycles. The summed E-state index contributed by atoms with van der Waals surface area (Å²) in [6, 6.07) is 0. The van der Waals surface area contributed by atoms with Crippen LogP contribution < -0.4 is 0 Å². The molecule has 2 nitrogen and oxygen atoms in total. The van der Waals surface area contributed by atoms with E-state index in [1.807, 2.05) is 34.6 Å². The fourth-order valence-electron chi connectivity index (χ4n) is 0.976. The van der Waals surface area contributed by atoms with Crippen molar-refractivity contribution in [3.05, 3.63) is 12.7 Å². The average molecular weight is 186 g/mol. The molecule has 0 aliphatic heterocycles. The molecule has 0 spiro atoms. The zero-order valence-corrected chi connectivity index (χ0v) is 9.52. The molecule has 0 N–H and O–H groups in total. The Balaban J connectivity index is 4.30. The van der Waals surface area contributed by atoms with Crippen molar-refractivity contribution >= 4 is 0 Å². The van der Waals surface area contributed by atoms with Crippen molar-refractivity contribution in [1.29, 1.82) is 0 Å². The number of rotatable bonds is 6. The van der Waals surface area contributed by atoms with Crippen molar-refractivity contribution in [1.82, 2.24) is 0 Å². The second kappa shape index (κ2) is 4.77. The quantitative estimate of drug-likeness (QED) is 0.594. The summed E-state index contributed by atoms with van der Waals surface area (Å²) in [6.07, 6.45) is 1.75. The zero-order chi connectivity index (χ0) is 10.5. The van der Waals surface area contributed by atoms with Crippen LogP contribution in [0, 0.1) is 0 Å². The molecular formula is C11H22O2. The summed E-state index contributed by atoms with van der Waals surface area (Å²) in [6.45, 7) is 15.0. The molecule has 0 aromatic rings. The van der Waals surface area contributed by atoms with Gasteiger partial charge in [-0.25, -0.2) is 0 Å². The van der Waals surface area contributed by atoms with Crippen LogP contribution in [0.1, 0.15) is 34.6 Å². The van der Waals surface area contributed by atoms with Gasteiger partial charge in [0.25, 0.3) is 0 Å². The molecule has 0 saturated carbocycles. The lowest BCUT2D eigenvalue weighted by Crippen LogP contribution is -2.49. The minimum absolute atomic E-state index is 0.273. The van der Waals surface area contributed by atoms with Crippen LogP contribution in [0.4, 0.5) is 0 Å². The topological polar surface area (TPSA) is 18.5 Å². The largest absolute Gasteiger partial charge is 0.373 e. The Bertz CT molecular complexity index is 159. The minimum Gasteiger partial charge on any atom is -0.373 e. The third-order valence-electron chi connectivity index (χ3n) is 2.52. The van der Waals surface area contributed by atoms with Crippen LogP contribution in [0.5, 0.6) is 0 Å². The van der Waals surface area contributed by atoms with Gasteiger partial charge in [0.15, 0.2) is 0 Å². The van der Waals surface area contributed by atoms with E-state index >= 15 is 0 Å². The molecule has 13 heavy (non-hydrogen) atoms. The molecular weight excluding hydrogens is 164 g/mol. The Morgan fingerprint density at radius 2 is 1.54 bits per heavy atom. The van der Waals surface area contributed by atoms with Gasteiger partial charge in [0, 0.05) is 6.61 Å². The molecule has 0 aromatic carbocycles. The van der Waals surface area contributed by atoms with Gasteiger partial charge in [-0.2, -0.15) is 0 Å². The van der Waals surface area contributed by atoms with E-state index < -0.39 is 0 Å². The van der Waals surface area contributed by atoms with Gasteiger partial charge in [-0.05, 0) is 34.6 Å². The molecule has 0 bridgehead atoms. The van der Waals surface area contributed by atoms with E-state index in [-0.39, 0.29) is 11.2 Å². The molecule has 0 rings (SSSR count). The molecule has 78 valence electrons. The summed E-state index contributed by atoms with van der Waals surface area (Å²) in [7, 11) is 0. The van der Waals surface area contributed by atoms with Gasteiger partial charge in [0.1, 0.15) is 0 Å². The van der Waals surface area contributed by atoms with Gasteiger partial charge in [-0.15, -0.1) is 6.58 Å². The Hall–Kier alpha value is -0.340. The summed E-state index contributed by atoms with van der Waals surface area (Å²) in [4.78, 5) is 0. The Morgan fingerprint density at radius 1 is 1.08 bits per heavy atom. The maximum atomic E-state index is 5.65. The first kappa shape index (κ1) is 12.7. The molecule has 0 aromatic heterocycles. The van der Waals surface area contributed by atoms with E-state index in [1.54, 1.807) is 6.08 Å². The second-order valence-electron chi connectivity index (χ2n) is 4.05. The molecule has 0 fully saturated rings. The molecule has 2 heteroatoms. The van der Waals surface area contributed by atoms with Gasteiger partial charge in [0.05, 0.1) is 17.8 Å². The summed E-state index contributed by atoms with van der Waals surface area (Å²) in [5.41, 5.74) is -0.567. The predicted molar refractivity (Wildman–Crippen MR) is 55.9 cm³/mol. The monoisotopic (exact) mass is 186 g/mol. The maximum absolute atomic E-state index is 5.65. The van der Waals surface area contributed by atoms with E-state index in [2.05, 4.69) is 6.58 Å². The standard InChI is InChI=1S/C11H22O2/c1-7-9-13-11(5,6)10(3,4)12-8-2/h7H,1,8-9H2,2-6H3. The third-order valence-corrected chi connectivity index (χ3v) is 2.52. The van der Waals surface area contributed by atoms with Gasteiger partial charge >= 0.3 is 0 Å². The van der Waals surface area contributed by atoms with Crippen LogP contribution >= 0.6 is 0 Å². The molecule has 0 radical (unpaired) electrons. The van der Waals surface area contributed by atoms with Crippen molar-refractivity contribution < 1.29 is 9.47 Å². The lowest BCUT2D eigenvalue weighted by Gasteiger charge is -2.40. The first-order valence-corrected chi connectivity index (χ1v) is 4.76. The van der Waals surface area contributed by atoms with Gasteiger partial charge in [-0.1, -0.05) is 6.08 Å². The highest BCUT2D eigenvalue weighted by Crippen LogP contribution is 2.28. The molecule has 0 atom stereocenters. The van der Waals surface area contributed by atoms with E-state index in [0.29, 0.717) is 13.2 Å². The molecule has 0 amide bonds.